The van der Waals surface area contributed by atoms with Crippen molar-refractivity contribution in [1.82, 2.24) is 4.90 Å². The van der Waals surface area contributed by atoms with Gasteiger partial charge in [-0.2, -0.15) is 8.78 Å². The Kier molecular flexibility index (Phi) is 8.03. The SMILES string of the molecule is CCCCN1C(=O)CCC(C(=O)Nc2cccc(OC(F)F)c2)C1c1ccccc1OC. The second kappa shape index (κ2) is 10.9. The number of ether oxygens (including phenoxy) is 2. The Morgan fingerprint density at radius 3 is 2.72 bits per heavy atom. The van der Waals surface area contributed by atoms with Gasteiger partial charge in [0.25, 0.3) is 0 Å². The van der Waals surface area contributed by atoms with Crippen molar-refractivity contribution in [3.63, 3.8) is 0 Å². The number of hydrogen-bond acceptors (Lipinski definition) is 4. The first-order chi connectivity index (χ1) is 15.4. The normalized spacial score (nSPS) is 18.5. The van der Waals surface area contributed by atoms with E-state index < -0.39 is 18.6 Å². The minimum atomic E-state index is -2.95. The van der Waals surface area contributed by atoms with Gasteiger partial charge in [-0.3, -0.25) is 9.59 Å². The molecule has 1 aliphatic rings. The minimum absolute atomic E-state index is 0.00531. The fourth-order valence-corrected chi connectivity index (χ4v) is 4.10. The van der Waals surface area contributed by atoms with E-state index in [9.17, 15) is 18.4 Å². The van der Waals surface area contributed by atoms with Gasteiger partial charge in [-0.05, 0) is 31.0 Å². The molecule has 2 amide bonds. The summed E-state index contributed by atoms with van der Waals surface area (Å²) >= 11 is 0. The van der Waals surface area contributed by atoms with Gasteiger partial charge in [0.05, 0.1) is 19.1 Å². The summed E-state index contributed by atoms with van der Waals surface area (Å²) in [6, 6.07) is 12.8. The molecule has 1 saturated heterocycles. The monoisotopic (exact) mass is 446 g/mol. The van der Waals surface area contributed by atoms with Crippen LogP contribution in [0.4, 0.5) is 14.5 Å². The van der Waals surface area contributed by atoms with Gasteiger partial charge in [-0.1, -0.05) is 37.6 Å². The van der Waals surface area contributed by atoms with Crippen molar-refractivity contribution >= 4 is 17.5 Å². The van der Waals surface area contributed by atoms with Crippen LogP contribution in [-0.2, 0) is 9.59 Å². The first kappa shape index (κ1) is 23.5. The van der Waals surface area contributed by atoms with E-state index in [1.54, 1.807) is 18.1 Å². The molecule has 8 heteroatoms. The van der Waals surface area contributed by atoms with Crippen molar-refractivity contribution in [2.75, 3.05) is 19.0 Å². The van der Waals surface area contributed by atoms with Crippen LogP contribution in [0.5, 0.6) is 11.5 Å². The molecule has 172 valence electrons. The van der Waals surface area contributed by atoms with E-state index in [0.717, 1.165) is 18.4 Å². The first-order valence-corrected chi connectivity index (χ1v) is 10.7. The van der Waals surface area contributed by atoms with Crippen molar-refractivity contribution in [1.29, 1.82) is 0 Å². The van der Waals surface area contributed by atoms with E-state index in [1.165, 1.54) is 18.2 Å². The zero-order valence-electron chi connectivity index (χ0n) is 18.2. The van der Waals surface area contributed by atoms with Gasteiger partial charge >= 0.3 is 6.61 Å². The minimum Gasteiger partial charge on any atom is -0.496 e. The molecule has 0 saturated carbocycles. The maximum absolute atomic E-state index is 13.3. The number of piperidine rings is 1. The summed E-state index contributed by atoms with van der Waals surface area (Å²) in [6.07, 6.45) is 2.38. The van der Waals surface area contributed by atoms with E-state index in [-0.39, 0.29) is 24.0 Å². The van der Waals surface area contributed by atoms with Gasteiger partial charge in [0.1, 0.15) is 11.5 Å². The molecule has 0 aliphatic carbocycles. The lowest BCUT2D eigenvalue weighted by Crippen LogP contribution is -2.47. The summed E-state index contributed by atoms with van der Waals surface area (Å²) in [6.45, 7) is -0.364. The van der Waals surface area contributed by atoms with Crippen molar-refractivity contribution in [3.05, 3.63) is 54.1 Å². The first-order valence-electron chi connectivity index (χ1n) is 10.7. The molecule has 3 rings (SSSR count). The molecule has 2 atom stereocenters. The van der Waals surface area contributed by atoms with E-state index in [1.807, 2.05) is 31.2 Å². The average molecular weight is 446 g/mol. The second-order valence-corrected chi connectivity index (χ2v) is 7.67. The average Bonchev–Trinajstić information content (AvgIpc) is 2.77. The highest BCUT2D eigenvalue weighted by atomic mass is 19.3. The molecule has 1 heterocycles. The van der Waals surface area contributed by atoms with Crippen molar-refractivity contribution in [3.8, 4) is 11.5 Å². The third-order valence-corrected chi connectivity index (χ3v) is 5.58. The van der Waals surface area contributed by atoms with Crippen LogP contribution >= 0.6 is 0 Å². The van der Waals surface area contributed by atoms with E-state index in [0.29, 0.717) is 24.4 Å². The third-order valence-electron chi connectivity index (χ3n) is 5.58. The summed E-state index contributed by atoms with van der Waals surface area (Å²) in [4.78, 5) is 27.9. The number of carbonyl (C=O) groups is 2. The Bertz CT molecular complexity index is 938. The molecule has 2 aromatic carbocycles. The summed E-state index contributed by atoms with van der Waals surface area (Å²) in [5, 5.41) is 2.81. The van der Waals surface area contributed by atoms with Gasteiger partial charge in [0, 0.05) is 30.3 Å². The van der Waals surface area contributed by atoms with Crippen molar-refractivity contribution in [2.45, 2.75) is 45.3 Å². The number of nitrogens with zero attached hydrogens (tertiary/aromatic N) is 1. The number of nitrogens with one attached hydrogen (secondary N) is 1. The Morgan fingerprint density at radius 1 is 1.22 bits per heavy atom. The number of anilines is 1. The lowest BCUT2D eigenvalue weighted by Gasteiger charge is -2.41. The fraction of sp³-hybridized carbons (Fsp3) is 0.417. The van der Waals surface area contributed by atoms with Crippen LogP contribution in [0, 0.1) is 5.92 Å². The Balaban J connectivity index is 1.91. The molecule has 2 unspecified atom stereocenters. The predicted octanol–water partition coefficient (Wildman–Crippen LogP) is 5.02. The summed E-state index contributed by atoms with van der Waals surface area (Å²) < 4.78 is 35.0. The number of carbonyl (C=O) groups excluding carboxylic acids is 2. The molecule has 2 aromatic rings. The number of hydrogen-bond donors (Lipinski definition) is 1. The van der Waals surface area contributed by atoms with Crippen LogP contribution in [0.3, 0.4) is 0 Å². The van der Waals surface area contributed by atoms with Gasteiger partial charge in [-0.15, -0.1) is 0 Å². The van der Waals surface area contributed by atoms with E-state index >= 15 is 0 Å². The third kappa shape index (κ3) is 5.55. The van der Waals surface area contributed by atoms with Crippen molar-refractivity contribution < 1.29 is 27.8 Å². The number of benzene rings is 2. The Hall–Kier alpha value is -3.16. The van der Waals surface area contributed by atoms with Crippen LogP contribution < -0.4 is 14.8 Å². The van der Waals surface area contributed by atoms with Crippen LogP contribution in [0.1, 0.15) is 44.2 Å². The molecule has 32 heavy (non-hydrogen) atoms. The number of methoxy groups -OCH3 is 1. The van der Waals surface area contributed by atoms with Gasteiger partial charge in [0.15, 0.2) is 0 Å². The summed E-state index contributed by atoms with van der Waals surface area (Å²) in [5.41, 5.74) is 1.12. The fourth-order valence-electron chi connectivity index (χ4n) is 4.10. The molecule has 1 fully saturated rings. The second-order valence-electron chi connectivity index (χ2n) is 7.67. The van der Waals surface area contributed by atoms with Crippen molar-refractivity contribution in [2.24, 2.45) is 5.92 Å². The highest BCUT2D eigenvalue weighted by Crippen LogP contribution is 2.41. The van der Waals surface area contributed by atoms with E-state index in [2.05, 4.69) is 10.1 Å². The van der Waals surface area contributed by atoms with Crippen LogP contribution in [-0.4, -0.2) is 37.0 Å². The molecule has 0 bridgehead atoms. The topological polar surface area (TPSA) is 67.9 Å². The van der Waals surface area contributed by atoms with E-state index in [4.69, 9.17) is 4.74 Å². The molecule has 0 spiro atoms. The largest absolute Gasteiger partial charge is 0.496 e. The number of alkyl halides is 2. The number of halogens is 2. The Morgan fingerprint density at radius 2 is 2.00 bits per heavy atom. The molecule has 0 aromatic heterocycles. The Labute approximate surface area is 186 Å². The lowest BCUT2D eigenvalue weighted by molar-refractivity contribution is -0.142. The standard InChI is InChI=1S/C24H28F2N2O4/c1-3-4-14-28-21(29)13-12-19(22(28)18-10-5-6-11-20(18)31-2)23(30)27-16-8-7-9-17(15-16)32-24(25)26/h5-11,15,19,22,24H,3-4,12-14H2,1-2H3,(H,27,30). The highest BCUT2D eigenvalue weighted by molar-refractivity contribution is 5.95. The number of amides is 2. The number of rotatable bonds is 9. The van der Waals surface area contributed by atoms with Gasteiger partial charge < -0.3 is 19.7 Å². The maximum atomic E-state index is 13.3. The maximum Gasteiger partial charge on any atom is 0.387 e. The molecular formula is C24H28F2N2O4. The quantitative estimate of drug-likeness (QED) is 0.588. The predicted molar refractivity (Wildman–Crippen MR) is 117 cm³/mol. The van der Waals surface area contributed by atoms with Crippen LogP contribution in [0.25, 0.3) is 0 Å². The summed E-state index contributed by atoms with van der Waals surface area (Å²) in [5.74, 6) is -0.239. The van der Waals surface area contributed by atoms with Crippen LogP contribution in [0.2, 0.25) is 0 Å². The molecule has 6 nitrogen and oxygen atoms in total. The number of likely N-dealkylation sites (tertiary alicyclic amines) is 1. The molecule has 1 N–H and O–H groups in total. The van der Waals surface area contributed by atoms with Gasteiger partial charge in [0.2, 0.25) is 11.8 Å². The molecule has 1 aliphatic heterocycles. The molecular weight excluding hydrogens is 418 g/mol. The zero-order valence-corrected chi connectivity index (χ0v) is 18.2. The highest BCUT2D eigenvalue weighted by Gasteiger charge is 2.41. The van der Waals surface area contributed by atoms with Gasteiger partial charge in [-0.25, -0.2) is 0 Å². The molecule has 0 radical (unpaired) electrons. The lowest BCUT2D eigenvalue weighted by atomic mass is 9.83. The number of para-hydroxylation sites is 1. The van der Waals surface area contributed by atoms with Crippen LogP contribution in [0.15, 0.2) is 48.5 Å². The number of unbranched alkanes of at least 4 members (excludes halogenated alkanes) is 1. The smallest absolute Gasteiger partial charge is 0.387 e. The zero-order chi connectivity index (χ0) is 23.1. The summed E-state index contributed by atoms with van der Waals surface area (Å²) in [7, 11) is 1.56.